The summed E-state index contributed by atoms with van der Waals surface area (Å²) in [5.41, 5.74) is 3.67. The van der Waals surface area contributed by atoms with Gasteiger partial charge in [0.2, 0.25) is 0 Å². The van der Waals surface area contributed by atoms with Crippen molar-refractivity contribution in [2.24, 2.45) is 0 Å². The van der Waals surface area contributed by atoms with Crippen LogP contribution in [0, 0.1) is 0 Å². The van der Waals surface area contributed by atoms with Gasteiger partial charge in [-0.05, 0) is 48.4 Å². The average molecular weight is 430 g/mol. The number of nitrogens with zero attached hydrogens (tertiary/aromatic N) is 1. The molecule has 0 aliphatic carbocycles. The highest BCUT2D eigenvalue weighted by atomic mass is 79.9. The minimum Gasteiger partial charge on any atom is -0.497 e. The maximum atomic E-state index is 11.1. The van der Waals surface area contributed by atoms with E-state index < -0.39 is 5.97 Å². The Balaban J connectivity index is 2.20. The smallest absolute Gasteiger partial charge is 0.303 e. The lowest BCUT2D eigenvalue weighted by Gasteiger charge is -2.18. The van der Waals surface area contributed by atoms with Gasteiger partial charge in [0.05, 0.1) is 32.0 Å². The van der Waals surface area contributed by atoms with Gasteiger partial charge in [0.15, 0.2) is 0 Å². The second kappa shape index (κ2) is 8.31. The van der Waals surface area contributed by atoms with Crippen molar-refractivity contribution in [3.63, 3.8) is 0 Å². The van der Waals surface area contributed by atoms with Crippen LogP contribution in [0.25, 0.3) is 16.9 Å². The fraction of sp³-hybridized carbons (Fsp3) is 0.190. The van der Waals surface area contributed by atoms with Gasteiger partial charge in [-0.15, -0.1) is 0 Å². The van der Waals surface area contributed by atoms with Gasteiger partial charge in [0.1, 0.15) is 11.5 Å². The number of hydrogen-bond acceptors (Lipinski definition) is 3. The first-order chi connectivity index (χ1) is 13.0. The van der Waals surface area contributed by atoms with Crippen LogP contribution in [0.1, 0.15) is 12.1 Å². The molecule has 140 valence electrons. The van der Waals surface area contributed by atoms with Gasteiger partial charge in [-0.1, -0.05) is 28.1 Å². The average Bonchev–Trinajstić information content (AvgIpc) is 3.10. The maximum absolute atomic E-state index is 11.1. The minimum absolute atomic E-state index is 0.0517. The van der Waals surface area contributed by atoms with E-state index in [2.05, 4.69) is 15.9 Å². The fourth-order valence-corrected chi connectivity index (χ4v) is 3.28. The Morgan fingerprint density at radius 3 is 2.41 bits per heavy atom. The third-order valence-corrected chi connectivity index (χ3v) is 4.85. The number of rotatable bonds is 7. The van der Waals surface area contributed by atoms with Crippen LogP contribution in [0.3, 0.4) is 0 Å². The molecular weight excluding hydrogens is 410 g/mol. The van der Waals surface area contributed by atoms with Crippen molar-refractivity contribution in [1.29, 1.82) is 0 Å². The molecule has 0 spiro atoms. The summed E-state index contributed by atoms with van der Waals surface area (Å²) in [6, 6.07) is 17.5. The Kier molecular flexibility index (Phi) is 5.86. The number of aryl methyl sites for hydroxylation is 1. The van der Waals surface area contributed by atoms with Crippen LogP contribution >= 0.6 is 15.9 Å². The molecule has 0 amide bonds. The van der Waals surface area contributed by atoms with Crippen molar-refractivity contribution < 1.29 is 19.4 Å². The van der Waals surface area contributed by atoms with Crippen LogP contribution in [0.15, 0.2) is 59.1 Å². The zero-order valence-corrected chi connectivity index (χ0v) is 16.7. The van der Waals surface area contributed by atoms with Crippen molar-refractivity contribution in [3.05, 3.63) is 64.8 Å². The number of carbonyl (C=O) groups is 1. The molecule has 2 aromatic carbocycles. The van der Waals surface area contributed by atoms with Crippen LogP contribution in [0.4, 0.5) is 0 Å². The summed E-state index contributed by atoms with van der Waals surface area (Å²) < 4.78 is 14.0. The number of methoxy groups -OCH3 is 2. The minimum atomic E-state index is -0.828. The molecule has 0 fully saturated rings. The normalized spacial score (nSPS) is 10.6. The second-order valence-corrected chi connectivity index (χ2v) is 6.90. The molecule has 0 atom stereocenters. The van der Waals surface area contributed by atoms with E-state index >= 15 is 0 Å². The van der Waals surface area contributed by atoms with E-state index in [0.717, 1.165) is 27.1 Å². The Hall–Kier alpha value is -2.73. The molecule has 0 saturated carbocycles. The first kappa shape index (κ1) is 19.0. The SMILES string of the molecule is COc1ccc(OC)c(-n2c(CCC(=O)O)ccc2-c2ccc(Br)cc2)c1. The van der Waals surface area contributed by atoms with E-state index in [9.17, 15) is 4.79 Å². The van der Waals surface area contributed by atoms with E-state index in [0.29, 0.717) is 17.9 Å². The Bertz CT molecular complexity index is 947. The maximum Gasteiger partial charge on any atom is 0.303 e. The number of hydrogen-bond donors (Lipinski definition) is 1. The molecule has 0 radical (unpaired) electrons. The first-order valence-corrected chi connectivity index (χ1v) is 9.23. The summed E-state index contributed by atoms with van der Waals surface area (Å²) in [4.78, 5) is 11.1. The van der Waals surface area contributed by atoms with Crippen molar-refractivity contribution in [2.45, 2.75) is 12.8 Å². The number of halogens is 1. The Labute approximate surface area is 166 Å². The fourth-order valence-electron chi connectivity index (χ4n) is 3.01. The predicted molar refractivity (Wildman–Crippen MR) is 108 cm³/mol. The standard InChI is InChI=1S/C21H20BrNO4/c1-26-17-9-11-20(27-2)19(13-17)23-16(8-12-21(24)25)7-10-18(23)14-3-5-15(22)6-4-14/h3-7,9-11,13H,8,12H2,1-2H3,(H,24,25). The summed E-state index contributed by atoms with van der Waals surface area (Å²) in [5.74, 6) is 0.554. The van der Waals surface area contributed by atoms with Gasteiger partial charge in [-0.25, -0.2) is 0 Å². The summed E-state index contributed by atoms with van der Waals surface area (Å²) in [6.45, 7) is 0. The quantitative estimate of drug-likeness (QED) is 0.577. The van der Waals surface area contributed by atoms with Crippen molar-refractivity contribution in [3.8, 4) is 28.4 Å². The second-order valence-electron chi connectivity index (χ2n) is 5.98. The van der Waals surface area contributed by atoms with Crippen molar-refractivity contribution in [2.75, 3.05) is 14.2 Å². The summed E-state index contributed by atoms with van der Waals surface area (Å²) in [6.07, 6.45) is 0.461. The molecule has 0 bridgehead atoms. The monoisotopic (exact) mass is 429 g/mol. The van der Waals surface area contributed by atoms with E-state index in [1.165, 1.54) is 0 Å². The van der Waals surface area contributed by atoms with Gasteiger partial charge < -0.3 is 19.1 Å². The molecule has 6 heteroatoms. The summed E-state index contributed by atoms with van der Waals surface area (Å²) in [7, 11) is 3.23. The van der Waals surface area contributed by atoms with Gasteiger partial charge in [-0.3, -0.25) is 4.79 Å². The number of carboxylic acid groups (broad SMARTS) is 1. The molecule has 27 heavy (non-hydrogen) atoms. The number of aliphatic carboxylic acids is 1. The van der Waals surface area contributed by atoms with E-state index in [-0.39, 0.29) is 6.42 Å². The highest BCUT2D eigenvalue weighted by Crippen LogP contribution is 2.34. The number of aromatic nitrogens is 1. The molecule has 1 N–H and O–H groups in total. The predicted octanol–water partition coefficient (Wildman–Crippen LogP) is 4.94. The van der Waals surface area contributed by atoms with Crippen LogP contribution in [-0.4, -0.2) is 29.9 Å². The van der Waals surface area contributed by atoms with Gasteiger partial charge in [0, 0.05) is 16.2 Å². The molecule has 1 aromatic heterocycles. The van der Waals surface area contributed by atoms with Gasteiger partial charge in [-0.2, -0.15) is 0 Å². The largest absolute Gasteiger partial charge is 0.497 e. The zero-order chi connectivity index (χ0) is 19.4. The molecule has 0 aliphatic rings. The van der Waals surface area contributed by atoms with E-state index in [4.69, 9.17) is 14.6 Å². The van der Waals surface area contributed by atoms with Crippen LogP contribution in [0.5, 0.6) is 11.5 Å². The lowest BCUT2D eigenvalue weighted by molar-refractivity contribution is -0.136. The van der Waals surface area contributed by atoms with Gasteiger partial charge >= 0.3 is 5.97 Å². The number of ether oxygens (including phenoxy) is 2. The zero-order valence-electron chi connectivity index (χ0n) is 15.1. The van der Waals surface area contributed by atoms with E-state index in [1.807, 2.05) is 59.2 Å². The van der Waals surface area contributed by atoms with Crippen LogP contribution in [-0.2, 0) is 11.2 Å². The molecule has 1 heterocycles. The van der Waals surface area contributed by atoms with Crippen LogP contribution < -0.4 is 9.47 Å². The third-order valence-electron chi connectivity index (χ3n) is 4.32. The highest BCUT2D eigenvalue weighted by molar-refractivity contribution is 9.10. The number of carboxylic acids is 1. The molecule has 0 unspecified atom stereocenters. The molecule has 0 aliphatic heterocycles. The topological polar surface area (TPSA) is 60.7 Å². The van der Waals surface area contributed by atoms with Crippen molar-refractivity contribution >= 4 is 21.9 Å². The highest BCUT2D eigenvalue weighted by Gasteiger charge is 2.17. The summed E-state index contributed by atoms with van der Waals surface area (Å²) >= 11 is 3.46. The van der Waals surface area contributed by atoms with Crippen LogP contribution in [0.2, 0.25) is 0 Å². The van der Waals surface area contributed by atoms with E-state index in [1.54, 1.807) is 14.2 Å². The molecule has 3 aromatic rings. The third kappa shape index (κ3) is 4.17. The van der Waals surface area contributed by atoms with Gasteiger partial charge in [0.25, 0.3) is 0 Å². The molecule has 5 nitrogen and oxygen atoms in total. The molecular formula is C21H20BrNO4. The Morgan fingerprint density at radius 1 is 1.04 bits per heavy atom. The molecule has 0 saturated heterocycles. The summed E-state index contributed by atoms with van der Waals surface area (Å²) in [5, 5.41) is 9.11. The number of benzene rings is 2. The Morgan fingerprint density at radius 2 is 1.78 bits per heavy atom. The molecule has 3 rings (SSSR count). The first-order valence-electron chi connectivity index (χ1n) is 8.44. The van der Waals surface area contributed by atoms with Crippen molar-refractivity contribution in [1.82, 2.24) is 4.57 Å². The lowest BCUT2D eigenvalue weighted by atomic mass is 10.1. The lowest BCUT2D eigenvalue weighted by Crippen LogP contribution is -2.07.